The minimum atomic E-state index is -0.746. The predicted octanol–water partition coefficient (Wildman–Crippen LogP) is 11.0. The smallest absolute Gasteiger partial charge is 0.222 e. The highest BCUT2D eigenvalue weighted by Gasteiger charge is 2.21. The van der Waals surface area contributed by atoms with Crippen LogP contribution in [0.2, 0.25) is 0 Å². The number of allylic oxidation sites excluding steroid dienone is 4. The van der Waals surface area contributed by atoms with Crippen molar-refractivity contribution < 1.29 is 20.1 Å². The molecule has 3 unspecified atom stereocenters. The van der Waals surface area contributed by atoms with Gasteiger partial charge in [-0.3, -0.25) is 4.79 Å². The van der Waals surface area contributed by atoms with Crippen molar-refractivity contribution in [3.8, 4) is 0 Å². The first-order valence-electron chi connectivity index (χ1n) is 20.1. The lowest BCUT2D eigenvalue weighted by Crippen LogP contribution is -2.46. The maximum atomic E-state index is 12.4. The number of amides is 1. The van der Waals surface area contributed by atoms with Gasteiger partial charge >= 0.3 is 0 Å². The molecule has 4 N–H and O–H groups in total. The number of carbonyl (C=O) groups is 1. The van der Waals surface area contributed by atoms with Crippen molar-refractivity contribution in [1.82, 2.24) is 5.32 Å². The summed E-state index contributed by atoms with van der Waals surface area (Å²) in [6.07, 6.45) is 42.8. The SMILES string of the molecule is CC/C=C\C/C=C\CCCCCCCCCCCCCCC(O)CC(=O)NC(CO)C(O)CCCCCCCCCCCCCC. The largest absolute Gasteiger partial charge is 0.394 e. The zero-order valence-corrected chi connectivity index (χ0v) is 30.7. The van der Waals surface area contributed by atoms with Gasteiger partial charge in [-0.1, -0.05) is 186 Å². The van der Waals surface area contributed by atoms with Crippen molar-refractivity contribution in [3.63, 3.8) is 0 Å². The topological polar surface area (TPSA) is 89.8 Å². The molecule has 0 bridgehead atoms. The molecule has 0 aliphatic rings. The Morgan fingerprint density at radius 3 is 1.48 bits per heavy atom. The van der Waals surface area contributed by atoms with E-state index < -0.39 is 18.2 Å². The number of aliphatic hydroxyl groups is 3. The van der Waals surface area contributed by atoms with Crippen LogP contribution in [0.4, 0.5) is 0 Å². The van der Waals surface area contributed by atoms with Crippen molar-refractivity contribution in [3.05, 3.63) is 24.3 Å². The second-order valence-electron chi connectivity index (χ2n) is 13.9. The average Bonchev–Trinajstić information content (AvgIpc) is 3.05. The summed E-state index contributed by atoms with van der Waals surface area (Å²) in [4.78, 5) is 12.4. The Morgan fingerprint density at radius 2 is 1.00 bits per heavy atom. The number of carbonyl (C=O) groups excluding carboxylic acids is 1. The monoisotopic (exact) mass is 650 g/mol. The molecule has 46 heavy (non-hydrogen) atoms. The molecule has 0 heterocycles. The molecule has 0 fully saturated rings. The van der Waals surface area contributed by atoms with Crippen LogP contribution >= 0.6 is 0 Å². The number of rotatable bonds is 36. The average molecular weight is 650 g/mol. The fourth-order valence-corrected chi connectivity index (χ4v) is 6.21. The van der Waals surface area contributed by atoms with Crippen LogP contribution in [0.3, 0.4) is 0 Å². The van der Waals surface area contributed by atoms with Crippen molar-refractivity contribution in [2.75, 3.05) is 6.61 Å². The Bertz CT molecular complexity index is 679. The van der Waals surface area contributed by atoms with Crippen LogP contribution in [0.1, 0.15) is 206 Å². The highest BCUT2D eigenvalue weighted by Crippen LogP contribution is 2.16. The van der Waals surface area contributed by atoms with Gasteiger partial charge in [-0.2, -0.15) is 0 Å². The summed E-state index contributed by atoms with van der Waals surface area (Å²) < 4.78 is 0. The molecule has 0 radical (unpaired) electrons. The number of aliphatic hydroxyl groups excluding tert-OH is 3. The predicted molar refractivity (Wildman–Crippen MR) is 199 cm³/mol. The highest BCUT2D eigenvalue weighted by molar-refractivity contribution is 5.76. The Morgan fingerprint density at radius 1 is 0.565 bits per heavy atom. The molecule has 3 atom stereocenters. The van der Waals surface area contributed by atoms with Crippen LogP contribution in [0, 0.1) is 0 Å². The minimum Gasteiger partial charge on any atom is -0.394 e. The van der Waals surface area contributed by atoms with Crippen LogP contribution in [-0.4, -0.2) is 46.1 Å². The van der Waals surface area contributed by atoms with Crippen molar-refractivity contribution in [1.29, 1.82) is 0 Å². The summed E-state index contributed by atoms with van der Waals surface area (Å²) >= 11 is 0. The Kier molecular flexibility index (Phi) is 35.7. The van der Waals surface area contributed by atoms with E-state index >= 15 is 0 Å². The molecule has 5 nitrogen and oxygen atoms in total. The summed E-state index contributed by atoms with van der Waals surface area (Å²) in [7, 11) is 0. The lowest BCUT2D eigenvalue weighted by Gasteiger charge is -2.23. The summed E-state index contributed by atoms with van der Waals surface area (Å²) in [5, 5.41) is 33.3. The fourth-order valence-electron chi connectivity index (χ4n) is 6.21. The van der Waals surface area contributed by atoms with Crippen molar-refractivity contribution in [2.45, 2.75) is 225 Å². The van der Waals surface area contributed by atoms with Gasteiger partial charge < -0.3 is 20.6 Å². The first-order valence-corrected chi connectivity index (χ1v) is 20.1. The van der Waals surface area contributed by atoms with Crippen LogP contribution in [0.15, 0.2) is 24.3 Å². The molecular formula is C41H79NO4. The molecule has 272 valence electrons. The number of hydrogen-bond acceptors (Lipinski definition) is 4. The molecule has 0 aliphatic carbocycles. The van der Waals surface area contributed by atoms with Crippen LogP contribution < -0.4 is 5.32 Å². The molecule has 0 aromatic heterocycles. The zero-order valence-electron chi connectivity index (χ0n) is 30.7. The summed E-state index contributed by atoms with van der Waals surface area (Å²) in [5.41, 5.74) is 0. The highest BCUT2D eigenvalue weighted by atomic mass is 16.3. The van der Waals surface area contributed by atoms with E-state index in [1.54, 1.807) is 0 Å². The second-order valence-corrected chi connectivity index (χ2v) is 13.9. The Hall–Kier alpha value is -1.17. The molecule has 5 heteroatoms. The van der Waals surface area contributed by atoms with Gasteiger partial charge in [-0.25, -0.2) is 0 Å². The Labute approximate surface area is 286 Å². The standard InChI is InChI=1S/C41H79NO4/c1-3-5-7-9-11-13-15-17-18-19-20-21-22-23-24-26-28-30-32-34-38(44)36-41(46)42-39(37-43)40(45)35-33-31-29-27-25-16-14-12-10-8-6-4-2/h5,7,11,13,38-40,43-45H,3-4,6,8-10,12,14-37H2,1-2H3,(H,42,46)/b7-5-,13-11-. The third kappa shape index (κ3) is 32.8. The van der Waals surface area contributed by atoms with Gasteiger partial charge in [0.05, 0.1) is 31.3 Å². The number of unbranched alkanes of at least 4 members (excludes halogenated alkanes) is 23. The first-order chi connectivity index (χ1) is 22.5. The third-order valence-electron chi connectivity index (χ3n) is 9.28. The number of hydrogen-bond donors (Lipinski definition) is 4. The first kappa shape index (κ1) is 44.8. The molecule has 1 amide bonds. The maximum absolute atomic E-state index is 12.4. The third-order valence-corrected chi connectivity index (χ3v) is 9.28. The van der Waals surface area contributed by atoms with Gasteiger partial charge in [0.1, 0.15) is 0 Å². The van der Waals surface area contributed by atoms with Gasteiger partial charge in [-0.05, 0) is 38.5 Å². The molecule has 0 aliphatic heterocycles. The van der Waals surface area contributed by atoms with Gasteiger partial charge in [-0.15, -0.1) is 0 Å². The molecule has 0 rings (SSSR count). The van der Waals surface area contributed by atoms with E-state index in [4.69, 9.17) is 0 Å². The number of nitrogens with one attached hydrogen (secondary N) is 1. The molecule has 0 aromatic carbocycles. The van der Waals surface area contributed by atoms with Crippen LogP contribution in [-0.2, 0) is 4.79 Å². The van der Waals surface area contributed by atoms with Gasteiger partial charge in [0.15, 0.2) is 0 Å². The van der Waals surface area contributed by atoms with E-state index in [0.717, 1.165) is 38.5 Å². The van der Waals surface area contributed by atoms with Crippen molar-refractivity contribution >= 4 is 5.91 Å². The van der Waals surface area contributed by atoms with E-state index in [-0.39, 0.29) is 18.9 Å². The molecule has 0 saturated carbocycles. The molecule has 0 spiro atoms. The summed E-state index contributed by atoms with van der Waals surface area (Å²) in [6, 6.07) is -0.655. The normalized spacial score (nSPS) is 13.9. The quantitative estimate of drug-likeness (QED) is 0.0401. The lowest BCUT2D eigenvalue weighted by molar-refractivity contribution is -0.125. The van der Waals surface area contributed by atoms with E-state index in [9.17, 15) is 20.1 Å². The maximum Gasteiger partial charge on any atom is 0.222 e. The summed E-state index contributed by atoms with van der Waals surface area (Å²) in [6.45, 7) is 4.15. The van der Waals surface area contributed by atoms with Gasteiger partial charge in [0.2, 0.25) is 5.91 Å². The zero-order chi connectivity index (χ0) is 33.8. The summed E-state index contributed by atoms with van der Waals surface area (Å²) in [5.74, 6) is -0.285. The van der Waals surface area contributed by atoms with E-state index in [0.29, 0.717) is 12.8 Å². The van der Waals surface area contributed by atoms with Crippen LogP contribution in [0.5, 0.6) is 0 Å². The van der Waals surface area contributed by atoms with E-state index in [1.807, 2.05) is 0 Å². The molecular weight excluding hydrogens is 570 g/mol. The van der Waals surface area contributed by atoms with E-state index in [1.165, 1.54) is 135 Å². The van der Waals surface area contributed by atoms with Crippen molar-refractivity contribution in [2.24, 2.45) is 0 Å². The van der Waals surface area contributed by atoms with Gasteiger partial charge in [0, 0.05) is 0 Å². The van der Waals surface area contributed by atoms with E-state index in [2.05, 4.69) is 43.5 Å². The molecule has 0 saturated heterocycles. The minimum absolute atomic E-state index is 0.0369. The second kappa shape index (κ2) is 36.7. The Balaban J connectivity index is 3.61. The van der Waals surface area contributed by atoms with Gasteiger partial charge in [0.25, 0.3) is 0 Å². The molecule has 0 aromatic rings. The van der Waals surface area contributed by atoms with Crippen LogP contribution in [0.25, 0.3) is 0 Å². The lowest BCUT2D eigenvalue weighted by atomic mass is 10.0. The fraction of sp³-hybridized carbons (Fsp3) is 0.878.